The number of aliphatic imine (C=N–C) groups is 1. The average molecular weight is 530 g/mol. The van der Waals surface area contributed by atoms with Crippen LogP contribution in [-0.4, -0.2) is 32.3 Å². The normalized spacial score (nSPS) is 20.7. The van der Waals surface area contributed by atoms with E-state index in [-0.39, 0.29) is 5.92 Å². The topological polar surface area (TPSA) is 67.9 Å². The van der Waals surface area contributed by atoms with Gasteiger partial charge in [-0.25, -0.2) is 0 Å². The Hall–Kier alpha value is -3.08. The van der Waals surface area contributed by atoms with Crippen LogP contribution in [0.3, 0.4) is 0 Å². The zero-order valence-corrected chi connectivity index (χ0v) is 24.2. The summed E-state index contributed by atoms with van der Waals surface area (Å²) in [5.74, 6) is 2.48. The summed E-state index contributed by atoms with van der Waals surface area (Å²) in [7, 11) is 1.73. The second-order valence-corrected chi connectivity index (χ2v) is 11.4. The number of nitrogens with zero attached hydrogens (tertiary/aromatic N) is 2. The molecule has 0 radical (unpaired) electrons. The first-order valence-corrected chi connectivity index (χ1v) is 15.0. The van der Waals surface area contributed by atoms with E-state index in [1.807, 2.05) is 12.3 Å². The quantitative estimate of drug-likeness (QED) is 0.321. The van der Waals surface area contributed by atoms with Gasteiger partial charge in [0.15, 0.2) is 0 Å². The van der Waals surface area contributed by atoms with E-state index in [0.717, 1.165) is 93.5 Å². The first-order chi connectivity index (χ1) is 19.0. The summed E-state index contributed by atoms with van der Waals surface area (Å²) in [6.45, 7) is 5.81. The summed E-state index contributed by atoms with van der Waals surface area (Å²) in [6, 6.07) is 15.0. The molecular weight excluding hydrogens is 482 g/mol. The van der Waals surface area contributed by atoms with Crippen molar-refractivity contribution in [1.29, 1.82) is 0 Å². The van der Waals surface area contributed by atoms with Gasteiger partial charge in [-0.05, 0) is 98.6 Å². The second kappa shape index (κ2) is 14.3. The van der Waals surface area contributed by atoms with Gasteiger partial charge in [0, 0.05) is 42.7 Å². The highest BCUT2D eigenvalue weighted by Crippen LogP contribution is 2.38. The molecule has 1 amide bonds. The maximum absolute atomic E-state index is 14.0. The van der Waals surface area contributed by atoms with Crippen LogP contribution in [0, 0.1) is 18.8 Å². The highest BCUT2D eigenvalue weighted by atomic mass is 16.5. The maximum atomic E-state index is 14.0. The Morgan fingerprint density at radius 3 is 2.49 bits per heavy atom. The summed E-state index contributed by atoms with van der Waals surface area (Å²) in [5, 5.41) is 0. The van der Waals surface area contributed by atoms with Crippen molar-refractivity contribution in [1.82, 2.24) is 0 Å². The number of nitrogens with two attached hydrogens (primary N) is 1. The van der Waals surface area contributed by atoms with E-state index >= 15 is 0 Å². The lowest BCUT2D eigenvalue weighted by Gasteiger charge is -2.35. The van der Waals surface area contributed by atoms with E-state index in [4.69, 9.17) is 10.5 Å². The van der Waals surface area contributed by atoms with Crippen LogP contribution in [0.25, 0.3) is 5.57 Å². The highest BCUT2D eigenvalue weighted by Gasteiger charge is 2.31. The van der Waals surface area contributed by atoms with Gasteiger partial charge in [0.05, 0.1) is 7.11 Å². The first kappa shape index (κ1) is 28.9. The maximum Gasteiger partial charge on any atom is 0.230 e. The molecule has 210 valence electrons. The van der Waals surface area contributed by atoms with E-state index in [1.54, 1.807) is 13.3 Å². The lowest BCUT2D eigenvalue weighted by molar-refractivity contribution is -0.123. The van der Waals surface area contributed by atoms with Crippen molar-refractivity contribution in [3.63, 3.8) is 0 Å². The molecule has 2 aromatic rings. The molecule has 5 heteroatoms. The van der Waals surface area contributed by atoms with E-state index in [0.29, 0.717) is 17.7 Å². The summed E-state index contributed by atoms with van der Waals surface area (Å²) < 4.78 is 5.46. The molecule has 39 heavy (non-hydrogen) atoms. The SMILES string of the molecule is CCCN=CC(=CN)c1cccc(N(CC2CCC(c3ccc(OC)c(C)c3)CC2)C(=O)C2CCCCC2)c1. The molecule has 2 saturated carbocycles. The number of rotatable bonds is 10. The van der Waals surface area contributed by atoms with Gasteiger partial charge in [-0.15, -0.1) is 0 Å². The Morgan fingerprint density at radius 1 is 1.05 bits per heavy atom. The number of ether oxygens (including phenoxy) is 1. The first-order valence-electron chi connectivity index (χ1n) is 15.0. The summed E-state index contributed by atoms with van der Waals surface area (Å²) >= 11 is 0. The van der Waals surface area contributed by atoms with Gasteiger partial charge in [-0.1, -0.05) is 50.5 Å². The molecule has 2 aliphatic rings. The molecule has 0 spiro atoms. The smallest absolute Gasteiger partial charge is 0.230 e. The predicted octanol–water partition coefficient (Wildman–Crippen LogP) is 7.67. The van der Waals surface area contributed by atoms with E-state index in [2.05, 4.69) is 60.1 Å². The summed E-state index contributed by atoms with van der Waals surface area (Å²) in [5.41, 5.74) is 11.5. The highest BCUT2D eigenvalue weighted by molar-refractivity contribution is 6.10. The molecule has 2 aromatic carbocycles. The molecule has 0 heterocycles. The number of methoxy groups -OCH3 is 1. The molecule has 0 aliphatic heterocycles. The minimum Gasteiger partial charge on any atom is -0.496 e. The van der Waals surface area contributed by atoms with Crippen LogP contribution in [-0.2, 0) is 4.79 Å². The molecule has 2 aliphatic carbocycles. The van der Waals surface area contributed by atoms with Crippen LogP contribution in [0.2, 0.25) is 0 Å². The Kier molecular flexibility index (Phi) is 10.6. The van der Waals surface area contributed by atoms with E-state index in [1.165, 1.54) is 17.5 Å². The minimum atomic E-state index is 0.136. The fourth-order valence-corrected chi connectivity index (χ4v) is 6.34. The number of hydrogen-bond donors (Lipinski definition) is 1. The molecule has 0 saturated heterocycles. The monoisotopic (exact) mass is 529 g/mol. The Balaban J connectivity index is 1.51. The Bertz CT molecular complexity index is 1140. The lowest BCUT2D eigenvalue weighted by Crippen LogP contribution is -2.41. The van der Waals surface area contributed by atoms with Crippen LogP contribution >= 0.6 is 0 Å². The minimum absolute atomic E-state index is 0.136. The third-order valence-electron chi connectivity index (χ3n) is 8.65. The summed E-state index contributed by atoms with van der Waals surface area (Å²) in [6.07, 6.45) is 14.7. The number of anilines is 1. The third kappa shape index (κ3) is 7.52. The number of carbonyl (C=O) groups excluding carboxylic acids is 1. The lowest BCUT2D eigenvalue weighted by atomic mass is 9.78. The van der Waals surface area contributed by atoms with Gasteiger partial charge in [0.2, 0.25) is 5.91 Å². The zero-order valence-electron chi connectivity index (χ0n) is 24.2. The van der Waals surface area contributed by atoms with Crippen molar-refractivity contribution >= 4 is 23.4 Å². The third-order valence-corrected chi connectivity index (χ3v) is 8.65. The molecule has 0 atom stereocenters. The molecule has 5 nitrogen and oxygen atoms in total. The van der Waals surface area contributed by atoms with E-state index < -0.39 is 0 Å². The standard InChI is InChI=1S/C34H47N3O2/c1-4-19-36-23-31(22-35)29-11-8-12-32(21-29)37(34(38)28-9-6-5-7-10-28)24-26-13-15-27(16-14-26)30-17-18-33(39-3)25(2)20-30/h8,11-12,17-18,20-23,26-28H,4-7,9-10,13-16,19,24,35H2,1-3H3. The van der Waals surface area contributed by atoms with Gasteiger partial charge in [0.25, 0.3) is 0 Å². The second-order valence-electron chi connectivity index (χ2n) is 11.4. The number of allylic oxidation sites excluding steroid dienone is 1. The Morgan fingerprint density at radius 2 is 1.82 bits per heavy atom. The molecule has 0 unspecified atom stereocenters. The number of benzene rings is 2. The zero-order chi connectivity index (χ0) is 27.6. The molecule has 0 bridgehead atoms. The number of amides is 1. The fraction of sp³-hybridized carbons (Fsp3) is 0.529. The van der Waals surface area contributed by atoms with Crippen LogP contribution in [0.1, 0.15) is 93.7 Å². The van der Waals surface area contributed by atoms with Crippen LogP contribution in [0.5, 0.6) is 5.75 Å². The van der Waals surface area contributed by atoms with Gasteiger partial charge in [0.1, 0.15) is 5.75 Å². The van der Waals surface area contributed by atoms with Crippen molar-refractivity contribution in [3.8, 4) is 5.75 Å². The molecule has 0 aromatic heterocycles. The van der Waals surface area contributed by atoms with Crippen LogP contribution in [0.15, 0.2) is 53.7 Å². The van der Waals surface area contributed by atoms with Gasteiger partial charge in [-0.2, -0.15) is 0 Å². The van der Waals surface area contributed by atoms with Gasteiger partial charge >= 0.3 is 0 Å². The van der Waals surface area contributed by atoms with Crippen LogP contribution in [0.4, 0.5) is 5.69 Å². The molecule has 2 fully saturated rings. The molecule has 2 N–H and O–H groups in total. The van der Waals surface area contributed by atoms with Gasteiger partial charge in [-0.3, -0.25) is 9.79 Å². The van der Waals surface area contributed by atoms with Crippen molar-refractivity contribution in [3.05, 3.63) is 65.4 Å². The average Bonchev–Trinajstić information content (AvgIpc) is 2.98. The number of aryl methyl sites for hydroxylation is 1. The largest absolute Gasteiger partial charge is 0.496 e. The predicted molar refractivity (Wildman–Crippen MR) is 164 cm³/mol. The van der Waals surface area contributed by atoms with Crippen molar-refractivity contribution in [2.75, 3.05) is 25.1 Å². The Labute approximate surface area is 235 Å². The van der Waals surface area contributed by atoms with E-state index in [9.17, 15) is 4.79 Å². The fourth-order valence-electron chi connectivity index (χ4n) is 6.34. The van der Waals surface area contributed by atoms with Crippen LogP contribution < -0.4 is 15.4 Å². The van der Waals surface area contributed by atoms with Crippen molar-refractivity contribution in [2.45, 2.75) is 84.0 Å². The summed E-state index contributed by atoms with van der Waals surface area (Å²) in [4.78, 5) is 20.6. The van der Waals surface area contributed by atoms with Gasteiger partial charge < -0.3 is 15.4 Å². The molecule has 4 rings (SSSR count). The number of hydrogen-bond acceptors (Lipinski definition) is 4. The number of carbonyl (C=O) groups is 1. The van der Waals surface area contributed by atoms with Crippen molar-refractivity contribution < 1.29 is 9.53 Å². The molecular formula is C34H47N3O2. The van der Waals surface area contributed by atoms with Crippen molar-refractivity contribution in [2.24, 2.45) is 22.6 Å².